The summed E-state index contributed by atoms with van der Waals surface area (Å²) >= 11 is 0. The molecule has 1 atom stereocenters. The SMILES string of the molecule is CCCOc1cc(C)ccc1NC(=O)N1CCCC1c1cc(OC)ccc1OC. The number of rotatable bonds is 7. The molecule has 0 aliphatic carbocycles. The number of urea groups is 1. The lowest BCUT2D eigenvalue weighted by molar-refractivity contribution is 0.205. The molecule has 156 valence electrons. The molecular formula is C23H30N2O4. The van der Waals surface area contributed by atoms with E-state index in [1.807, 2.05) is 48.2 Å². The highest BCUT2D eigenvalue weighted by Crippen LogP contribution is 2.39. The molecule has 0 spiro atoms. The van der Waals surface area contributed by atoms with E-state index in [2.05, 4.69) is 12.2 Å². The topological polar surface area (TPSA) is 60.0 Å². The van der Waals surface area contributed by atoms with Gasteiger partial charge in [-0.2, -0.15) is 0 Å². The maximum Gasteiger partial charge on any atom is 0.322 e. The molecule has 0 saturated carbocycles. The molecule has 2 aromatic carbocycles. The van der Waals surface area contributed by atoms with Crippen LogP contribution in [-0.2, 0) is 0 Å². The van der Waals surface area contributed by atoms with E-state index in [0.717, 1.165) is 41.9 Å². The van der Waals surface area contributed by atoms with Crippen LogP contribution in [0, 0.1) is 6.92 Å². The fourth-order valence-corrected chi connectivity index (χ4v) is 3.68. The highest BCUT2D eigenvalue weighted by molar-refractivity contribution is 5.91. The molecule has 0 aromatic heterocycles. The standard InChI is InChI=1S/C23H30N2O4/c1-5-13-29-22-14-16(2)8-10-19(22)24-23(26)25-12-6-7-20(25)18-15-17(27-3)9-11-21(18)28-4/h8-11,14-15,20H,5-7,12-13H2,1-4H3,(H,24,26). The van der Waals surface area contributed by atoms with Crippen LogP contribution in [0.4, 0.5) is 10.5 Å². The van der Waals surface area contributed by atoms with Gasteiger partial charge in [-0.3, -0.25) is 0 Å². The predicted molar refractivity (Wildman–Crippen MR) is 114 cm³/mol. The van der Waals surface area contributed by atoms with Crippen molar-refractivity contribution in [2.45, 2.75) is 39.2 Å². The summed E-state index contributed by atoms with van der Waals surface area (Å²) in [5.74, 6) is 2.22. The van der Waals surface area contributed by atoms with Gasteiger partial charge in [0.1, 0.15) is 17.2 Å². The molecule has 0 radical (unpaired) electrons. The third-order valence-corrected chi connectivity index (χ3v) is 5.15. The zero-order valence-electron chi connectivity index (χ0n) is 17.7. The van der Waals surface area contributed by atoms with Gasteiger partial charge in [0.2, 0.25) is 0 Å². The van der Waals surface area contributed by atoms with Crippen molar-refractivity contribution in [3.8, 4) is 17.2 Å². The lowest BCUT2D eigenvalue weighted by Gasteiger charge is -2.27. The first kappa shape index (κ1) is 20.8. The number of carbonyl (C=O) groups excluding carboxylic acids is 1. The van der Waals surface area contributed by atoms with Crippen molar-refractivity contribution >= 4 is 11.7 Å². The lowest BCUT2D eigenvalue weighted by Crippen LogP contribution is -2.34. The average Bonchev–Trinajstić information content (AvgIpc) is 3.23. The van der Waals surface area contributed by atoms with E-state index in [0.29, 0.717) is 24.6 Å². The molecule has 3 rings (SSSR count). The molecule has 6 heteroatoms. The monoisotopic (exact) mass is 398 g/mol. The zero-order valence-corrected chi connectivity index (χ0v) is 17.7. The van der Waals surface area contributed by atoms with Crippen LogP contribution in [-0.4, -0.2) is 38.3 Å². The van der Waals surface area contributed by atoms with Gasteiger partial charge >= 0.3 is 6.03 Å². The van der Waals surface area contributed by atoms with Gasteiger partial charge in [0, 0.05) is 12.1 Å². The highest BCUT2D eigenvalue weighted by Gasteiger charge is 2.32. The van der Waals surface area contributed by atoms with Crippen LogP contribution in [0.3, 0.4) is 0 Å². The number of hydrogen-bond donors (Lipinski definition) is 1. The Balaban J connectivity index is 1.83. The van der Waals surface area contributed by atoms with E-state index < -0.39 is 0 Å². The van der Waals surface area contributed by atoms with E-state index in [9.17, 15) is 4.79 Å². The van der Waals surface area contributed by atoms with Crippen molar-refractivity contribution in [3.05, 3.63) is 47.5 Å². The van der Waals surface area contributed by atoms with Crippen molar-refractivity contribution < 1.29 is 19.0 Å². The molecule has 1 fully saturated rings. The molecule has 29 heavy (non-hydrogen) atoms. The van der Waals surface area contributed by atoms with Gasteiger partial charge in [0.05, 0.1) is 32.6 Å². The van der Waals surface area contributed by atoms with Crippen LogP contribution >= 0.6 is 0 Å². The number of amides is 2. The lowest BCUT2D eigenvalue weighted by atomic mass is 10.0. The van der Waals surface area contributed by atoms with Crippen molar-refractivity contribution in [2.75, 3.05) is 32.7 Å². The zero-order chi connectivity index (χ0) is 20.8. The minimum atomic E-state index is -0.137. The maximum absolute atomic E-state index is 13.2. The first-order valence-electron chi connectivity index (χ1n) is 10.1. The fourth-order valence-electron chi connectivity index (χ4n) is 3.68. The summed E-state index contributed by atoms with van der Waals surface area (Å²) in [6, 6.07) is 11.3. The van der Waals surface area contributed by atoms with Gasteiger partial charge in [-0.1, -0.05) is 13.0 Å². The van der Waals surface area contributed by atoms with Gasteiger partial charge < -0.3 is 24.4 Å². The minimum absolute atomic E-state index is 0.0643. The van der Waals surface area contributed by atoms with Crippen molar-refractivity contribution in [3.63, 3.8) is 0 Å². The number of methoxy groups -OCH3 is 2. The third-order valence-electron chi connectivity index (χ3n) is 5.15. The molecule has 0 bridgehead atoms. The Morgan fingerprint density at radius 3 is 2.69 bits per heavy atom. The van der Waals surface area contributed by atoms with Crippen molar-refractivity contribution in [1.82, 2.24) is 4.90 Å². The van der Waals surface area contributed by atoms with Crippen LogP contribution in [0.15, 0.2) is 36.4 Å². The largest absolute Gasteiger partial charge is 0.497 e. The average molecular weight is 399 g/mol. The second-order valence-corrected chi connectivity index (χ2v) is 7.24. The third kappa shape index (κ3) is 4.75. The molecule has 6 nitrogen and oxygen atoms in total. The van der Waals surface area contributed by atoms with E-state index >= 15 is 0 Å². The van der Waals surface area contributed by atoms with Gasteiger partial charge in [-0.05, 0) is 62.1 Å². The number of aryl methyl sites for hydroxylation is 1. The summed E-state index contributed by atoms with van der Waals surface area (Å²) in [6.07, 6.45) is 2.72. The Kier molecular flexibility index (Phi) is 6.86. The summed E-state index contributed by atoms with van der Waals surface area (Å²) in [5, 5.41) is 3.04. The van der Waals surface area contributed by atoms with E-state index in [1.165, 1.54) is 0 Å². The molecule has 1 heterocycles. The van der Waals surface area contributed by atoms with Crippen molar-refractivity contribution in [2.24, 2.45) is 0 Å². The number of anilines is 1. The van der Waals surface area contributed by atoms with Crippen LogP contribution in [0.1, 0.15) is 43.4 Å². The summed E-state index contributed by atoms with van der Waals surface area (Å²) in [6.45, 7) is 5.37. The Bertz CT molecular complexity index is 853. The predicted octanol–water partition coefficient (Wildman–Crippen LogP) is 5.17. The molecule has 1 saturated heterocycles. The van der Waals surface area contributed by atoms with Crippen LogP contribution in [0.2, 0.25) is 0 Å². The van der Waals surface area contributed by atoms with Gasteiger partial charge in [0.25, 0.3) is 0 Å². The molecule has 1 N–H and O–H groups in total. The number of likely N-dealkylation sites (tertiary alicyclic amines) is 1. The fraction of sp³-hybridized carbons (Fsp3) is 0.435. The summed E-state index contributed by atoms with van der Waals surface area (Å²) in [7, 11) is 3.29. The normalized spacial score (nSPS) is 15.9. The molecule has 1 unspecified atom stereocenters. The number of nitrogens with zero attached hydrogens (tertiary/aromatic N) is 1. The second kappa shape index (κ2) is 9.54. The minimum Gasteiger partial charge on any atom is -0.497 e. The Hall–Kier alpha value is -2.89. The number of nitrogens with one attached hydrogen (secondary N) is 1. The van der Waals surface area contributed by atoms with Gasteiger partial charge in [0.15, 0.2) is 0 Å². The Morgan fingerprint density at radius 1 is 1.14 bits per heavy atom. The molecule has 1 aliphatic rings. The van der Waals surface area contributed by atoms with Gasteiger partial charge in [-0.25, -0.2) is 4.79 Å². The highest BCUT2D eigenvalue weighted by atomic mass is 16.5. The van der Waals surface area contributed by atoms with E-state index in [4.69, 9.17) is 14.2 Å². The number of hydrogen-bond acceptors (Lipinski definition) is 4. The molecule has 2 aromatic rings. The molecular weight excluding hydrogens is 368 g/mol. The van der Waals surface area contributed by atoms with Crippen LogP contribution < -0.4 is 19.5 Å². The quantitative estimate of drug-likeness (QED) is 0.699. The summed E-state index contributed by atoms with van der Waals surface area (Å²) in [5.41, 5.74) is 2.75. The van der Waals surface area contributed by atoms with Crippen LogP contribution in [0.25, 0.3) is 0 Å². The first-order valence-corrected chi connectivity index (χ1v) is 10.1. The van der Waals surface area contributed by atoms with Gasteiger partial charge in [-0.15, -0.1) is 0 Å². The van der Waals surface area contributed by atoms with Crippen molar-refractivity contribution in [1.29, 1.82) is 0 Å². The Labute approximate surface area is 172 Å². The van der Waals surface area contributed by atoms with E-state index in [-0.39, 0.29) is 12.1 Å². The first-order chi connectivity index (χ1) is 14.1. The maximum atomic E-state index is 13.2. The smallest absolute Gasteiger partial charge is 0.322 e. The summed E-state index contributed by atoms with van der Waals surface area (Å²) in [4.78, 5) is 15.0. The summed E-state index contributed by atoms with van der Waals surface area (Å²) < 4.78 is 16.8. The van der Waals surface area contributed by atoms with E-state index in [1.54, 1.807) is 14.2 Å². The molecule has 1 aliphatic heterocycles. The second-order valence-electron chi connectivity index (χ2n) is 7.24. The number of benzene rings is 2. The Morgan fingerprint density at radius 2 is 1.97 bits per heavy atom. The number of carbonyl (C=O) groups is 1. The number of ether oxygens (including phenoxy) is 3. The van der Waals surface area contributed by atoms with Crippen LogP contribution in [0.5, 0.6) is 17.2 Å². The molecule has 2 amide bonds.